The second kappa shape index (κ2) is 9.79. The minimum atomic E-state index is -0.621. The molecule has 180 valence electrons. The number of fused-ring (bicyclic) bond motifs is 1. The molecule has 2 amide bonds. The van der Waals surface area contributed by atoms with Crippen LogP contribution in [0.1, 0.15) is 60.9 Å². The third kappa shape index (κ3) is 4.97. The van der Waals surface area contributed by atoms with Crippen LogP contribution in [-0.4, -0.2) is 48.6 Å². The number of rotatable bonds is 7. The van der Waals surface area contributed by atoms with Gasteiger partial charge in [0.2, 0.25) is 5.91 Å². The third-order valence-corrected chi connectivity index (χ3v) is 7.12. The lowest BCUT2D eigenvalue weighted by atomic mass is 9.87. The Kier molecular flexibility index (Phi) is 6.59. The van der Waals surface area contributed by atoms with Gasteiger partial charge in [0, 0.05) is 25.6 Å². The van der Waals surface area contributed by atoms with Crippen molar-refractivity contribution in [3.05, 3.63) is 64.7 Å². The van der Waals surface area contributed by atoms with Crippen LogP contribution in [0.3, 0.4) is 0 Å². The smallest absolute Gasteiger partial charge is 0.260 e. The number of carbonyl (C=O) groups excluding carboxylic acids is 2. The maximum absolute atomic E-state index is 13.2. The molecule has 2 fully saturated rings. The molecule has 0 spiro atoms. The van der Waals surface area contributed by atoms with Crippen molar-refractivity contribution in [3.8, 4) is 5.75 Å². The number of ether oxygens (including phenoxy) is 2. The van der Waals surface area contributed by atoms with Gasteiger partial charge >= 0.3 is 0 Å². The van der Waals surface area contributed by atoms with Gasteiger partial charge in [0.15, 0.2) is 6.10 Å². The Bertz CT molecular complexity index is 1060. The van der Waals surface area contributed by atoms with E-state index in [1.165, 1.54) is 11.1 Å². The molecule has 6 nitrogen and oxygen atoms in total. The second-order valence-electron chi connectivity index (χ2n) is 9.87. The SMILES string of the molecule is Cc1cccc([C@@H]2c3cc(O[C@@H](C)C(=O)NC[C@@H]4CCCO4)ccc3CCN2C(=O)C2CC2)c1. The van der Waals surface area contributed by atoms with Crippen molar-refractivity contribution in [3.63, 3.8) is 0 Å². The minimum absolute atomic E-state index is 0.102. The lowest BCUT2D eigenvalue weighted by Crippen LogP contribution is -2.41. The molecular formula is C28H34N2O4. The third-order valence-electron chi connectivity index (χ3n) is 7.12. The highest BCUT2D eigenvalue weighted by Crippen LogP contribution is 2.41. The van der Waals surface area contributed by atoms with E-state index in [-0.39, 0.29) is 29.9 Å². The normalized spacial score (nSPS) is 22.7. The highest BCUT2D eigenvalue weighted by atomic mass is 16.5. The molecule has 0 bridgehead atoms. The molecule has 1 saturated carbocycles. The Labute approximate surface area is 201 Å². The van der Waals surface area contributed by atoms with Crippen molar-refractivity contribution in [2.75, 3.05) is 19.7 Å². The van der Waals surface area contributed by atoms with Crippen LogP contribution >= 0.6 is 0 Å². The molecule has 0 aromatic heterocycles. The Balaban J connectivity index is 1.37. The number of hydrogen-bond donors (Lipinski definition) is 1. The highest BCUT2D eigenvalue weighted by molar-refractivity contribution is 5.82. The Morgan fingerprint density at radius 2 is 2.03 bits per heavy atom. The van der Waals surface area contributed by atoms with Crippen LogP contribution in [0.2, 0.25) is 0 Å². The fourth-order valence-electron chi connectivity index (χ4n) is 5.09. The standard InChI is InChI=1S/C28H34N2O4/c1-18-5-3-6-22(15-18)26-25-16-23(34-19(2)27(31)29-17-24-7-4-14-33-24)11-10-20(25)12-13-30(26)28(32)21-8-9-21/h3,5-6,10-11,15-16,19,21,24,26H,4,7-9,12-14,17H2,1-2H3,(H,29,31)/t19-,24-,26+/m0/s1. The van der Waals surface area contributed by atoms with Crippen LogP contribution in [-0.2, 0) is 20.7 Å². The fraction of sp³-hybridized carbons (Fsp3) is 0.500. The molecule has 1 saturated heterocycles. The van der Waals surface area contributed by atoms with Crippen LogP contribution in [0.5, 0.6) is 5.75 Å². The average Bonchev–Trinajstić information content (AvgIpc) is 3.56. The van der Waals surface area contributed by atoms with Gasteiger partial charge in [0.1, 0.15) is 5.75 Å². The zero-order chi connectivity index (χ0) is 23.7. The molecule has 0 unspecified atom stereocenters. The predicted octanol–water partition coefficient (Wildman–Crippen LogP) is 3.94. The maximum Gasteiger partial charge on any atom is 0.260 e. The Morgan fingerprint density at radius 1 is 1.18 bits per heavy atom. The molecule has 5 rings (SSSR count). The number of carbonyl (C=O) groups is 2. The number of hydrogen-bond acceptors (Lipinski definition) is 4. The summed E-state index contributed by atoms with van der Waals surface area (Å²) in [4.78, 5) is 27.9. The molecular weight excluding hydrogens is 428 g/mol. The molecule has 2 aromatic carbocycles. The summed E-state index contributed by atoms with van der Waals surface area (Å²) in [5, 5.41) is 2.95. The second-order valence-corrected chi connectivity index (χ2v) is 9.87. The molecule has 2 aromatic rings. The van der Waals surface area contributed by atoms with Crippen molar-refractivity contribution < 1.29 is 19.1 Å². The molecule has 1 aliphatic carbocycles. The van der Waals surface area contributed by atoms with E-state index in [4.69, 9.17) is 9.47 Å². The summed E-state index contributed by atoms with van der Waals surface area (Å²) in [5.74, 6) is 0.928. The van der Waals surface area contributed by atoms with E-state index in [0.717, 1.165) is 56.4 Å². The molecule has 3 atom stereocenters. The van der Waals surface area contributed by atoms with Crippen molar-refractivity contribution in [1.29, 1.82) is 0 Å². The van der Waals surface area contributed by atoms with Gasteiger partial charge in [-0.25, -0.2) is 0 Å². The van der Waals surface area contributed by atoms with E-state index in [1.54, 1.807) is 6.92 Å². The topological polar surface area (TPSA) is 67.9 Å². The van der Waals surface area contributed by atoms with Gasteiger partial charge in [-0.1, -0.05) is 35.9 Å². The maximum atomic E-state index is 13.2. The summed E-state index contributed by atoms with van der Waals surface area (Å²) in [5.41, 5.74) is 4.62. The van der Waals surface area contributed by atoms with E-state index < -0.39 is 6.10 Å². The summed E-state index contributed by atoms with van der Waals surface area (Å²) in [6.07, 6.45) is 4.32. The lowest BCUT2D eigenvalue weighted by Gasteiger charge is -2.38. The van der Waals surface area contributed by atoms with Gasteiger partial charge in [0.25, 0.3) is 5.91 Å². The predicted molar refractivity (Wildman–Crippen MR) is 130 cm³/mol. The molecule has 1 N–H and O–H groups in total. The number of nitrogens with one attached hydrogen (secondary N) is 1. The van der Waals surface area contributed by atoms with Gasteiger partial charge in [-0.15, -0.1) is 0 Å². The van der Waals surface area contributed by atoms with Gasteiger partial charge in [-0.3, -0.25) is 9.59 Å². The van der Waals surface area contributed by atoms with E-state index >= 15 is 0 Å². The summed E-state index contributed by atoms with van der Waals surface area (Å²) in [7, 11) is 0. The van der Waals surface area contributed by atoms with Gasteiger partial charge in [-0.05, 0) is 74.8 Å². The summed E-state index contributed by atoms with van der Waals surface area (Å²) >= 11 is 0. The fourth-order valence-corrected chi connectivity index (χ4v) is 5.09. The number of benzene rings is 2. The zero-order valence-electron chi connectivity index (χ0n) is 20.1. The van der Waals surface area contributed by atoms with E-state index in [1.807, 2.05) is 12.1 Å². The van der Waals surface area contributed by atoms with Crippen LogP contribution in [0.25, 0.3) is 0 Å². The minimum Gasteiger partial charge on any atom is -0.481 e. The molecule has 2 heterocycles. The Hall–Kier alpha value is -2.86. The van der Waals surface area contributed by atoms with E-state index in [9.17, 15) is 9.59 Å². The molecule has 3 aliphatic rings. The number of amides is 2. The molecule has 6 heteroatoms. The van der Waals surface area contributed by atoms with Gasteiger partial charge in [-0.2, -0.15) is 0 Å². The first-order valence-corrected chi connectivity index (χ1v) is 12.6. The largest absolute Gasteiger partial charge is 0.481 e. The molecule has 2 aliphatic heterocycles. The summed E-state index contributed by atoms with van der Waals surface area (Å²) < 4.78 is 11.7. The van der Waals surface area contributed by atoms with E-state index in [2.05, 4.69) is 47.5 Å². The first-order chi connectivity index (χ1) is 16.5. The van der Waals surface area contributed by atoms with Crippen molar-refractivity contribution >= 4 is 11.8 Å². The Morgan fingerprint density at radius 3 is 2.76 bits per heavy atom. The quantitative estimate of drug-likeness (QED) is 0.677. The average molecular weight is 463 g/mol. The lowest BCUT2D eigenvalue weighted by molar-refractivity contribution is -0.134. The van der Waals surface area contributed by atoms with Gasteiger partial charge in [0.05, 0.1) is 12.1 Å². The first kappa shape index (κ1) is 22.9. The number of nitrogens with zero attached hydrogens (tertiary/aromatic N) is 1. The zero-order valence-corrected chi connectivity index (χ0v) is 20.1. The molecule has 34 heavy (non-hydrogen) atoms. The van der Waals surface area contributed by atoms with Crippen molar-refractivity contribution in [2.24, 2.45) is 5.92 Å². The number of aryl methyl sites for hydroxylation is 1. The molecule has 0 radical (unpaired) electrons. The van der Waals surface area contributed by atoms with Crippen LogP contribution in [0, 0.1) is 12.8 Å². The van der Waals surface area contributed by atoms with E-state index in [0.29, 0.717) is 12.3 Å². The highest BCUT2D eigenvalue weighted by Gasteiger charge is 2.39. The van der Waals surface area contributed by atoms with Crippen LogP contribution in [0.4, 0.5) is 0 Å². The summed E-state index contributed by atoms with van der Waals surface area (Å²) in [6, 6.07) is 14.3. The van der Waals surface area contributed by atoms with Crippen LogP contribution in [0.15, 0.2) is 42.5 Å². The van der Waals surface area contributed by atoms with Crippen molar-refractivity contribution in [2.45, 2.75) is 64.2 Å². The van der Waals surface area contributed by atoms with Crippen molar-refractivity contribution in [1.82, 2.24) is 10.2 Å². The summed E-state index contributed by atoms with van der Waals surface area (Å²) in [6.45, 7) is 5.86. The van der Waals surface area contributed by atoms with Gasteiger partial charge < -0.3 is 19.7 Å². The first-order valence-electron chi connectivity index (χ1n) is 12.6. The monoisotopic (exact) mass is 462 g/mol. The van der Waals surface area contributed by atoms with Crippen LogP contribution < -0.4 is 10.1 Å².